The van der Waals surface area contributed by atoms with Gasteiger partial charge in [0.15, 0.2) is 0 Å². The quantitative estimate of drug-likeness (QED) is 0.0205. The van der Waals surface area contributed by atoms with Gasteiger partial charge in [0.05, 0.1) is 33.8 Å². The molecule has 516 valence electrons. The van der Waals surface area contributed by atoms with E-state index in [1.165, 1.54) is 270 Å². The van der Waals surface area contributed by atoms with Crippen LogP contribution in [0.4, 0.5) is 0 Å². The van der Waals surface area contributed by atoms with Crippen LogP contribution < -0.4 is 5.32 Å². The number of quaternary nitrogens is 1. The number of hydrogen-bond acceptors (Lipinski definition) is 6. The molecule has 9 nitrogen and oxygen atoms in total. The van der Waals surface area contributed by atoms with Crippen molar-refractivity contribution < 1.29 is 37.3 Å². The van der Waals surface area contributed by atoms with Crippen LogP contribution in [0, 0.1) is 0 Å². The van der Waals surface area contributed by atoms with Gasteiger partial charge in [-0.25, -0.2) is 4.57 Å². The number of amides is 1. The number of carbonyl (C=O) groups is 2. The molecule has 0 saturated heterocycles. The minimum atomic E-state index is -4.46. The topological polar surface area (TPSA) is 111 Å². The number of nitrogens with zero attached hydrogens (tertiary/aromatic N) is 1. The second-order valence-electron chi connectivity index (χ2n) is 27.2. The molecule has 0 aliphatic heterocycles. The molecule has 0 spiro atoms. The van der Waals surface area contributed by atoms with Crippen molar-refractivity contribution in [1.29, 1.82) is 0 Å². The molecule has 0 radical (unpaired) electrons. The first kappa shape index (κ1) is 85.7. The summed E-state index contributed by atoms with van der Waals surface area (Å²) >= 11 is 0. The number of rotatable bonds is 70. The van der Waals surface area contributed by atoms with Crippen molar-refractivity contribution >= 4 is 19.7 Å². The molecular formula is C78H148N2O7P+. The Morgan fingerprint density at radius 1 is 0.398 bits per heavy atom. The average molecular weight is 1260 g/mol. The zero-order valence-electron chi connectivity index (χ0n) is 59.2. The van der Waals surface area contributed by atoms with E-state index in [9.17, 15) is 19.0 Å². The van der Waals surface area contributed by atoms with E-state index in [0.717, 1.165) is 70.6 Å². The molecule has 1 amide bonds. The highest BCUT2D eigenvalue weighted by molar-refractivity contribution is 7.47. The van der Waals surface area contributed by atoms with Crippen LogP contribution in [0.2, 0.25) is 0 Å². The zero-order chi connectivity index (χ0) is 64.2. The molecule has 3 unspecified atom stereocenters. The highest BCUT2D eigenvalue weighted by Gasteiger charge is 2.30. The molecule has 0 aliphatic rings. The molecule has 0 aromatic rings. The van der Waals surface area contributed by atoms with E-state index in [1.54, 1.807) is 0 Å². The smallest absolute Gasteiger partial charge is 0.456 e. The predicted molar refractivity (Wildman–Crippen MR) is 383 cm³/mol. The van der Waals surface area contributed by atoms with Crippen LogP contribution in [-0.4, -0.2) is 74.3 Å². The number of phosphoric acid groups is 1. The lowest BCUT2D eigenvalue weighted by molar-refractivity contribution is -0.870. The van der Waals surface area contributed by atoms with Crippen molar-refractivity contribution in [2.45, 2.75) is 386 Å². The Morgan fingerprint density at radius 3 is 1.07 bits per heavy atom. The van der Waals surface area contributed by atoms with Gasteiger partial charge in [-0.3, -0.25) is 18.6 Å². The summed E-state index contributed by atoms with van der Waals surface area (Å²) in [5.74, 6) is -0.491. The number of carbonyl (C=O) groups excluding carboxylic acids is 2. The van der Waals surface area contributed by atoms with Crippen LogP contribution in [0.5, 0.6) is 0 Å². The number of unbranched alkanes of at least 4 members (excludes halogenated alkanes) is 46. The monoisotopic (exact) mass is 1260 g/mol. The first-order valence-electron chi connectivity index (χ1n) is 38.1. The van der Waals surface area contributed by atoms with Gasteiger partial charge >= 0.3 is 13.8 Å². The summed E-state index contributed by atoms with van der Waals surface area (Å²) in [6.07, 6.45) is 88.1. The number of likely N-dealkylation sites (N-methyl/N-ethyl adjacent to an activating group) is 1. The van der Waals surface area contributed by atoms with Gasteiger partial charge in [0.1, 0.15) is 19.3 Å². The number of esters is 1. The largest absolute Gasteiger partial charge is 0.472 e. The first-order chi connectivity index (χ1) is 42.9. The van der Waals surface area contributed by atoms with Gasteiger partial charge in [0, 0.05) is 12.8 Å². The summed E-state index contributed by atoms with van der Waals surface area (Å²) in [7, 11) is 1.51. The van der Waals surface area contributed by atoms with Crippen molar-refractivity contribution in [2.24, 2.45) is 0 Å². The molecule has 10 heteroatoms. The number of nitrogens with one attached hydrogen (secondary N) is 1. The standard InChI is InChI=1S/C78H147N2O7P/c1-7-10-13-16-19-22-25-28-30-32-34-36-38-40-42-44-46-48-50-52-55-58-61-64-67-70-77(81)79-75(74-86-88(83,84)85-73-72-80(4,5)6)76(69-66-63-60-57-54-27-24-21-18-15-12-9-3)87-78(82)71-68-65-62-59-56-53-51-49-47-45-43-41-39-37-35-33-31-29-26-23-20-17-14-11-8-2/h19,22,28-31,34,36,66,69,75-76H,7-18,20-21,23-27,32-33,35,37-65,67-68,70-74H2,1-6H3,(H-,79,81,83,84)/p+1/b22-19-,30-28-,31-29+,36-34-,69-66+. The van der Waals surface area contributed by atoms with Gasteiger partial charge in [-0.15, -0.1) is 0 Å². The van der Waals surface area contributed by atoms with Crippen molar-refractivity contribution in [2.75, 3.05) is 40.9 Å². The summed E-state index contributed by atoms with van der Waals surface area (Å²) in [6.45, 7) is 7.03. The fraction of sp³-hybridized carbons (Fsp3) is 0.846. The van der Waals surface area contributed by atoms with Crippen molar-refractivity contribution in [1.82, 2.24) is 5.32 Å². The Hall–Kier alpha value is -2.29. The van der Waals surface area contributed by atoms with Gasteiger partial charge in [-0.2, -0.15) is 0 Å². The first-order valence-corrected chi connectivity index (χ1v) is 39.6. The Kier molecular flexibility index (Phi) is 65.8. The van der Waals surface area contributed by atoms with Crippen LogP contribution in [0.15, 0.2) is 60.8 Å². The fourth-order valence-electron chi connectivity index (χ4n) is 11.3. The number of hydrogen-bond donors (Lipinski definition) is 2. The lowest BCUT2D eigenvalue weighted by Gasteiger charge is -2.27. The van der Waals surface area contributed by atoms with E-state index in [2.05, 4.69) is 74.7 Å². The predicted octanol–water partition coefficient (Wildman–Crippen LogP) is 24.5. The molecule has 88 heavy (non-hydrogen) atoms. The lowest BCUT2D eigenvalue weighted by Crippen LogP contribution is -2.47. The Balaban J connectivity index is 4.97. The molecule has 0 aromatic carbocycles. The van der Waals surface area contributed by atoms with Crippen molar-refractivity contribution in [3.63, 3.8) is 0 Å². The molecule has 0 saturated carbocycles. The average Bonchev–Trinajstić information content (AvgIpc) is 3.71. The molecule has 0 heterocycles. The third-order valence-electron chi connectivity index (χ3n) is 17.2. The van der Waals surface area contributed by atoms with Crippen LogP contribution >= 0.6 is 7.82 Å². The molecule has 0 aliphatic carbocycles. The highest BCUT2D eigenvalue weighted by atomic mass is 31.2. The molecule has 0 rings (SSSR count). The normalized spacial score (nSPS) is 13.8. The highest BCUT2D eigenvalue weighted by Crippen LogP contribution is 2.43. The minimum Gasteiger partial charge on any atom is -0.456 e. The van der Waals surface area contributed by atoms with Crippen molar-refractivity contribution in [3.05, 3.63) is 60.8 Å². The number of phosphoric ester groups is 1. The van der Waals surface area contributed by atoms with Gasteiger partial charge in [-0.1, -0.05) is 326 Å². The van der Waals surface area contributed by atoms with E-state index in [1.807, 2.05) is 33.3 Å². The lowest BCUT2D eigenvalue weighted by atomic mass is 10.0. The van der Waals surface area contributed by atoms with E-state index in [4.69, 9.17) is 13.8 Å². The van der Waals surface area contributed by atoms with E-state index >= 15 is 0 Å². The molecule has 0 bridgehead atoms. The maximum atomic E-state index is 13.6. The van der Waals surface area contributed by atoms with E-state index < -0.39 is 20.0 Å². The molecule has 0 aromatic heterocycles. The maximum Gasteiger partial charge on any atom is 0.472 e. The zero-order valence-corrected chi connectivity index (χ0v) is 60.1. The summed E-state index contributed by atoms with van der Waals surface area (Å²) in [5, 5.41) is 3.08. The summed E-state index contributed by atoms with van der Waals surface area (Å²) < 4.78 is 30.9. The van der Waals surface area contributed by atoms with Crippen LogP contribution in [0.1, 0.15) is 374 Å². The fourth-order valence-corrected chi connectivity index (χ4v) is 12.0. The van der Waals surface area contributed by atoms with Crippen LogP contribution in [-0.2, 0) is 27.9 Å². The molecular weight excluding hydrogens is 1110 g/mol. The van der Waals surface area contributed by atoms with E-state index in [0.29, 0.717) is 23.9 Å². The van der Waals surface area contributed by atoms with Gasteiger partial charge in [0.2, 0.25) is 5.91 Å². The van der Waals surface area contributed by atoms with Gasteiger partial charge in [-0.05, 0) is 96.0 Å². The SMILES string of the molecule is CCCCC/C=C\C/C=C\C/C=C\CCCCCCCCCCCCCCC(=O)NC(COP(=O)(O)OCC[N+](C)(C)C)C(/C=C/CCCCCCCCCCCC)OC(=O)CCCCCCCCCCCCCCCCC/C=C/CCCCCCCC. The summed E-state index contributed by atoms with van der Waals surface area (Å²) in [4.78, 5) is 38.0. The third kappa shape index (κ3) is 68.1. The van der Waals surface area contributed by atoms with Crippen LogP contribution in [0.25, 0.3) is 0 Å². The third-order valence-corrected chi connectivity index (χ3v) is 18.2. The minimum absolute atomic E-state index is 0.0406. The van der Waals surface area contributed by atoms with Gasteiger partial charge < -0.3 is 19.4 Å². The second-order valence-corrected chi connectivity index (χ2v) is 28.6. The summed E-state index contributed by atoms with van der Waals surface area (Å²) in [6, 6.07) is -0.850. The summed E-state index contributed by atoms with van der Waals surface area (Å²) in [5.41, 5.74) is 0. The van der Waals surface area contributed by atoms with E-state index in [-0.39, 0.29) is 25.1 Å². The number of allylic oxidation sites excluding steroid dienone is 9. The second kappa shape index (κ2) is 67.6. The van der Waals surface area contributed by atoms with Crippen LogP contribution in [0.3, 0.4) is 0 Å². The Labute approximate surface area is 547 Å². The number of ether oxygens (including phenoxy) is 1. The maximum absolute atomic E-state index is 13.6. The van der Waals surface area contributed by atoms with Gasteiger partial charge in [0.25, 0.3) is 0 Å². The molecule has 0 fully saturated rings. The van der Waals surface area contributed by atoms with Crippen molar-refractivity contribution in [3.8, 4) is 0 Å². The Morgan fingerprint density at radius 2 is 0.693 bits per heavy atom. The Bertz CT molecular complexity index is 1690. The molecule has 3 atom stereocenters. The molecule has 2 N–H and O–H groups in total.